The van der Waals surface area contributed by atoms with Crippen LogP contribution in [0.4, 0.5) is 11.4 Å². The van der Waals surface area contributed by atoms with Crippen LogP contribution in [0, 0.1) is 5.92 Å². The van der Waals surface area contributed by atoms with Gasteiger partial charge in [-0.3, -0.25) is 0 Å². The van der Waals surface area contributed by atoms with Crippen molar-refractivity contribution in [1.82, 2.24) is 0 Å². The minimum absolute atomic E-state index is 0.287. The monoisotopic (exact) mass is 262 g/mol. The summed E-state index contributed by atoms with van der Waals surface area (Å²) < 4.78 is 0. The van der Waals surface area contributed by atoms with Crippen molar-refractivity contribution in [1.29, 1.82) is 0 Å². The van der Waals surface area contributed by atoms with E-state index >= 15 is 0 Å². The summed E-state index contributed by atoms with van der Waals surface area (Å²) in [5, 5.41) is 12.3. The first-order valence-electron chi connectivity index (χ1n) is 7.03. The summed E-state index contributed by atoms with van der Waals surface area (Å²) in [6.45, 7) is 0.806. The van der Waals surface area contributed by atoms with Gasteiger partial charge >= 0.3 is 5.97 Å². The SMILES string of the molecule is Nc1ccc(C(=O)O)c(NCCCC2CCCC2)c1. The Labute approximate surface area is 114 Å². The van der Waals surface area contributed by atoms with Crippen molar-refractivity contribution in [2.45, 2.75) is 38.5 Å². The number of hydrogen-bond acceptors (Lipinski definition) is 3. The lowest BCUT2D eigenvalue weighted by molar-refractivity contribution is 0.0698. The quantitative estimate of drug-likeness (QED) is 0.543. The zero-order chi connectivity index (χ0) is 13.7. The average Bonchev–Trinajstić information content (AvgIpc) is 2.87. The largest absolute Gasteiger partial charge is 0.478 e. The van der Waals surface area contributed by atoms with Crippen LogP contribution in [0.15, 0.2) is 18.2 Å². The minimum Gasteiger partial charge on any atom is -0.478 e. The van der Waals surface area contributed by atoms with Gasteiger partial charge in [0.05, 0.1) is 11.3 Å². The first-order chi connectivity index (χ1) is 9.16. The van der Waals surface area contributed by atoms with Crippen LogP contribution in [0.3, 0.4) is 0 Å². The van der Waals surface area contributed by atoms with Crippen LogP contribution < -0.4 is 11.1 Å². The van der Waals surface area contributed by atoms with Crippen molar-refractivity contribution in [3.05, 3.63) is 23.8 Å². The lowest BCUT2D eigenvalue weighted by Gasteiger charge is -2.12. The summed E-state index contributed by atoms with van der Waals surface area (Å²) in [5.41, 5.74) is 7.20. The topological polar surface area (TPSA) is 75.4 Å². The average molecular weight is 262 g/mol. The third-order valence-electron chi connectivity index (χ3n) is 3.85. The maximum absolute atomic E-state index is 11.1. The molecule has 1 aliphatic rings. The van der Waals surface area contributed by atoms with Gasteiger partial charge in [-0.1, -0.05) is 25.7 Å². The summed E-state index contributed by atoms with van der Waals surface area (Å²) in [4.78, 5) is 11.1. The zero-order valence-corrected chi connectivity index (χ0v) is 11.2. The Hall–Kier alpha value is -1.71. The molecule has 0 bridgehead atoms. The second kappa shape index (κ2) is 6.45. The summed E-state index contributed by atoms with van der Waals surface area (Å²) in [6, 6.07) is 4.86. The fraction of sp³-hybridized carbons (Fsp3) is 0.533. The van der Waals surface area contributed by atoms with Crippen molar-refractivity contribution < 1.29 is 9.90 Å². The molecule has 0 spiro atoms. The number of benzene rings is 1. The molecule has 4 heteroatoms. The fourth-order valence-electron chi connectivity index (χ4n) is 2.81. The van der Waals surface area contributed by atoms with E-state index in [0.29, 0.717) is 11.4 Å². The molecule has 1 aromatic carbocycles. The van der Waals surface area contributed by atoms with E-state index in [-0.39, 0.29) is 5.56 Å². The van der Waals surface area contributed by atoms with Gasteiger partial charge in [0.2, 0.25) is 0 Å². The smallest absolute Gasteiger partial charge is 0.337 e. The number of carboxylic acid groups (broad SMARTS) is 1. The summed E-state index contributed by atoms with van der Waals surface area (Å²) >= 11 is 0. The van der Waals surface area contributed by atoms with Crippen LogP contribution in [-0.4, -0.2) is 17.6 Å². The Morgan fingerprint density at radius 1 is 1.37 bits per heavy atom. The van der Waals surface area contributed by atoms with Gasteiger partial charge in [0.15, 0.2) is 0 Å². The summed E-state index contributed by atoms with van der Waals surface area (Å²) in [5.74, 6) is -0.0418. The Morgan fingerprint density at radius 2 is 2.11 bits per heavy atom. The number of rotatable bonds is 6. The molecule has 1 aliphatic carbocycles. The van der Waals surface area contributed by atoms with E-state index in [2.05, 4.69) is 5.32 Å². The molecule has 0 heterocycles. The standard InChI is InChI=1S/C15H22N2O2/c16-12-7-8-13(15(18)19)14(10-12)17-9-3-6-11-4-1-2-5-11/h7-8,10-11,17H,1-6,9,16H2,(H,18,19). The van der Waals surface area contributed by atoms with Gasteiger partial charge < -0.3 is 16.2 Å². The van der Waals surface area contributed by atoms with Crippen molar-refractivity contribution in [2.24, 2.45) is 5.92 Å². The van der Waals surface area contributed by atoms with Gasteiger partial charge in [-0.2, -0.15) is 0 Å². The van der Waals surface area contributed by atoms with Crippen molar-refractivity contribution in [2.75, 3.05) is 17.6 Å². The Kier molecular flexibility index (Phi) is 4.66. The number of carboxylic acids is 1. The molecule has 0 unspecified atom stereocenters. The van der Waals surface area contributed by atoms with Crippen LogP contribution in [-0.2, 0) is 0 Å². The fourth-order valence-corrected chi connectivity index (χ4v) is 2.81. The second-order valence-corrected chi connectivity index (χ2v) is 5.33. The molecule has 1 fully saturated rings. The van der Waals surface area contributed by atoms with E-state index in [1.54, 1.807) is 18.2 Å². The van der Waals surface area contributed by atoms with Crippen LogP contribution in [0.25, 0.3) is 0 Å². The first kappa shape index (κ1) is 13.7. The maximum atomic E-state index is 11.1. The highest BCUT2D eigenvalue weighted by molar-refractivity contribution is 5.95. The van der Waals surface area contributed by atoms with Gasteiger partial charge in [-0.25, -0.2) is 4.79 Å². The van der Waals surface area contributed by atoms with Crippen molar-refractivity contribution in [3.63, 3.8) is 0 Å². The molecule has 104 valence electrons. The molecule has 0 radical (unpaired) electrons. The van der Waals surface area contributed by atoms with E-state index in [0.717, 1.165) is 18.9 Å². The molecule has 4 N–H and O–H groups in total. The number of aromatic carboxylic acids is 1. The number of anilines is 2. The van der Waals surface area contributed by atoms with Gasteiger partial charge in [-0.15, -0.1) is 0 Å². The summed E-state index contributed by atoms with van der Waals surface area (Å²) in [7, 11) is 0. The molecule has 19 heavy (non-hydrogen) atoms. The highest BCUT2D eigenvalue weighted by Gasteiger charge is 2.14. The van der Waals surface area contributed by atoms with Gasteiger partial charge in [0.1, 0.15) is 0 Å². The molecule has 4 nitrogen and oxygen atoms in total. The van der Waals surface area contributed by atoms with E-state index in [4.69, 9.17) is 10.8 Å². The molecule has 0 atom stereocenters. The highest BCUT2D eigenvalue weighted by atomic mass is 16.4. The third-order valence-corrected chi connectivity index (χ3v) is 3.85. The predicted octanol–water partition coefficient (Wildman–Crippen LogP) is 3.35. The maximum Gasteiger partial charge on any atom is 0.337 e. The lowest BCUT2D eigenvalue weighted by Crippen LogP contribution is -2.09. The van der Waals surface area contributed by atoms with Gasteiger partial charge in [-0.05, 0) is 37.0 Å². The Morgan fingerprint density at radius 3 is 2.79 bits per heavy atom. The van der Waals surface area contributed by atoms with E-state index in [9.17, 15) is 4.79 Å². The third kappa shape index (κ3) is 3.88. The van der Waals surface area contributed by atoms with E-state index in [1.165, 1.54) is 32.1 Å². The number of nitrogens with two attached hydrogens (primary N) is 1. The molecule has 0 amide bonds. The molecule has 1 aromatic rings. The molecular formula is C15H22N2O2. The number of carbonyl (C=O) groups is 1. The van der Waals surface area contributed by atoms with Crippen LogP contribution in [0.2, 0.25) is 0 Å². The number of nitrogens with one attached hydrogen (secondary N) is 1. The highest BCUT2D eigenvalue weighted by Crippen LogP contribution is 2.28. The Balaban J connectivity index is 1.84. The van der Waals surface area contributed by atoms with Crippen molar-refractivity contribution in [3.8, 4) is 0 Å². The molecule has 0 aliphatic heterocycles. The molecular weight excluding hydrogens is 240 g/mol. The van der Waals surface area contributed by atoms with Crippen LogP contribution in [0.5, 0.6) is 0 Å². The predicted molar refractivity (Wildman–Crippen MR) is 77.5 cm³/mol. The van der Waals surface area contributed by atoms with E-state index in [1.807, 2.05) is 0 Å². The molecule has 2 rings (SSSR count). The minimum atomic E-state index is -0.918. The number of hydrogen-bond donors (Lipinski definition) is 3. The molecule has 0 saturated heterocycles. The lowest BCUT2D eigenvalue weighted by atomic mass is 10.0. The van der Waals surface area contributed by atoms with Crippen molar-refractivity contribution >= 4 is 17.3 Å². The number of nitrogen functional groups attached to an aromatic ring is 1. The van der Waals surface area contributed by atoms with Gasteiger partial charge in [0, 0.05) is 12.2 Å². The van der Waals surface area contributed by atoms with E-state index < -0.39 is 5.97 Å². The molecule has 1 saturated carbocycles. The van der Waals surface area contributed by atoms with Gasteiger partial charge in [0.25, 0.3) is 0 Å². The summed E-state index contributed by atoms with van der Waals surface area (Å²) in [6.07, 6.45) is 7.78. The second-order valence-electron chi connectivity index (χ2n) is 5.33. The Bertz CT molecular complexity index is 440. The zero-order valence-electron chi connectivity index (χ0n) is 11.2. The normalized spacial score (nSPS) is 15.6. The first-order valence-corrected chi connectivity index (χ1v) is 7.03. The van der Waals surface area contributed by atoms with Crippen LogP contribution in [0.1, 0.15) is 48.9 Å². The van der Waals surface area contributed by atoms with Crippen LogP contribution >= 0.6 is 0 Å². The molecule has 0 aromatic heterocycles.